The molecule has 1 saturated heterocycles. The van der Waals surface area contributed by atoms with Gasteiger partial charge in [0.05, 0.1) is 20.3 Å². The Morgan fingerprint density at radius 2 is 2.05 bits per heavy atom. The van der Waals surface area contributed by atoms with Gasteiger partial charge in [-0.15, -0.1) is 0 Å². The van der Waals surface area contributed by atoms with E-state index in [0.717, 1.165) is 38.4 Å². The average Bonchev–Trinajstić information content (AvgIpc) is 2.48. The zero-order chi connectivity index (χ0) is 15.2. The van der Waals surface area contributed by atoms with Gasteiger partial charge in [-0.05, 0) is 31.5 Å². The predicted octanol–water partition coefficient (Wildman–Crippen LogP) is 2.21. The molecule has 1 N–H and O–H groups in total. The van der Waals surface area contributed by atoms with Gasteiger partial charge in [0.15, 0.2) is 11.6 Å². The largest absolute Gasteiger partial charge is 0.494 e. The Labute approximate surface area is 126 Å². The summed E-state index contributed by atoms with van der Waals surface area (Å²) in [7, 11) is 1.49. The molecule has 0 amide bonds. The number of ether oxygens (including phenoxy) is 2. The molecule has 1 aromatic rings. The summed E-state index contributed by atoms with van der Waals surface area (Å²) in [5.41, 5.74) is 1.03. The van der Waals surface area contributed by atoms with Gasteiger partial charge in [-0.2, -0.15) is 0 Å². The second-order valence-corrected chi connectivity index (χ2v) is 5.60. The zero-order valence-corrected chi connectivity index (χ0v) is 13.1. The molecule has 0 aromatic heterocycles. The third kappa shape index (κ3) is 4.66. The van der Waals surface area contributed by atoms with Gasteiger partial charge in [0.25, 0.3) is 0 Å². The van der Waals surface area contributed by atoms with Crippen LogP contribution in [0.15, 0.2) is 18.2 Å². The van der Waals surface area contributed by atoms with Gasteiger partial charge in [0.2, 0.25) is 0 Å². The van der Waals surface area contributed by atoms with Crippen molar-refractivity contribution in [3.05, 3.63) is 29.6 Å². The molecule has 2 unspecified atom stereocenters. The molecule has 0 aliphatic carbocycles. The van der Waals surface area contributed by atoms with Gasteiger partial charge < -0.3 is 14.8 Å². The van der Waals surface area contributed by atoms with Crippen LogP contribution in [-0.2, 0) is 4.74 Å². The van der Waals surface area contributed by atoms with Crippen molar-refractivity contribution in [1.29, 1.82) is 0 Å². The Bertz CT molecular complexity index is 450. The Hall–Kier alpha value is -1.17. The smallest absolute Gasteiger partial charge is 0.165 e. The zero-order valence-electron chi connectivity index (χ0n) is 13.1. The Kier molecular flexibility index (Phi) is 5.96. The molecule has 0 spiro atoms. The Balaban J connectivity index is 1.89. The number of methoxy groups -OCH3 is 1. The number of rotatable bonds is 6. The van der Waals surface area contributed by atoms with Gasteiger partial charge in [-0.3, -0.25) is 4.90 Å². The van der Waals surface area contributed by atoms with E-state index in [9.17, 15) is 4.39 Å². The first-order chi connectivity index (χ1) is 10.1. The highest BCUT2D eigenvalue weighted by Gasteiger charge is 2.16. The molecule has 21 heavy (non-hydrogen) atoms. The lowest BCUT2D eigenvalue weighted by atomic mass is 10.1. The molecule has 2 rings (SSSR count). The molecule has 1 aliphatic rings. The molecule has 1 fully saturated rings. The summed E-state index contributed by atoms with van der Waals surface area (Å²) >= 11 is 0. The van der Waals surface area contributed by atoms with Crippen molar-refractivity contribution in [2.45, 2.75) is 25.9 Å². The maximum atomic E-state index is 13.4. The molecular formula is C16H25FN2O2. The topological polar surface area (TPSA) is 33.7 Å². The molecular weight excluding hydrogens is 271 g/mol. The van der Waals surface area contributed by atoms with E-state index in [0.29, 0.717) is 11.8 Å². The van der Waals surface area contributed by atoms with Crippen LogP contribution in [0.1, 0.15) is 25.5 Å². The summed E-state index contributed by atoms with van der Waals surface area (Å²) in [6.07, 6.45) is 0. The summed E-state index contributed by atoms with van der Waals surface area (Å²) in [6, 6.07) is 5.52. The average molecular weight is 296 g/mol. The SMILES string of the molecule is COc1cc(C(C)NC(C)CN2CCOCC2)ccc1F. The van der Waals surface area contributed by atoms with E-state index in [4.69, 9.17) is 9.47 Å². The lowest BCUT2D eigenvalue weighted by Crippen LogP contribution is -2.44. The number of benzene rings is 1. The maximum absolute atomic E-state index is 13.4. The normalized spacial score (nSPS) is 19.2. The van der Waals surface area contributed by atoms with E-state index >= 15 is 0 Å². The maximum Gasteiger partial charge on any atom is 0.165 e. The summed E-state index contributed by atoms with van der Waals surface area (Å²) in [5, 5.41) is 3.55. The second kappa shape index (κ2) is 7.73. The highest BCUT2D eigenvalue weighted by atomic mass is 19.1. The molecule has 4 nitrogen and oxygen atoms in total. The van der Waals surface area contributed by atoms with Crippen molar-refractivity contribution in [2.75, 3.05) is 40.0 Å². The molecule has 0 bridgehead atoms. The van der Waals surface area contributed by atoms with Crippen LogP contribution in [0.4, 0.5) is 4.39 Å². The first-order valence-corrected chi connectivity index (χ1v) is 7.49. The number of hydrogen-bond acceptors (Lipinski definition) is 4. The van der Waals surface area contributed by atoms with Crippen LogP contribution in [0.2, 0.25) is 0 Å². The Morgan fingerprint density at radius 1 is 1.33 bits per heavy atom. The van der Waals surface area contributed by atoms with Crippen LogP contribution in [0.3, 0.4) is 0 Å². The summed E-state index contributed by atoms with van der Waals surface area (Å²) in [5.74, 6) is -0.0307. The van der Waals surface area contributed by atoms with Crippen LogP contribution < -0.4 is 10.1 Å². The van der Waals surface area contributed by atoms with E-state index in [1.54, 1.807) is 12.1 Å². The van der Waals surface area contributed by atoms with E-state index in [1.165, 1.54) is 13.2 Å². The van der Waals surface area contributed by atoms with Crippen molar-refractivity contribution in [3.63, 3.8) is 0 Å². The minimum atomic E-state index is -0.324. The first-order valence-electron chi connectivity index (χ1n) is 7.49. The number of halogens is 1. The number of nitrogens with zero attached hydrogens (tertiary/aromatic N) is 1. The molecule has 0 radical (unpaired) electrons. The first kappa shape index (κ1) is 16.2. The van der Waals surface area contributed by atoms with Gasteiger partial charge in [0, 0.05) is 31.7 Å². The molecule has 118 valence electrons. The van der Waals surface area contributed by atoms with Crippen molar-refractivity contribution >= 4 is 0 Å². The predicted molar refractivity (Wildman–Crippen MR) is 81.2 cm³/mol. The van der Waals surface area contributed by atoms with Crippen molar-refractivity contribution in [3.8, 4) is 5.75 Å². The standard InChI is InChI=1S/C16H25FN2O2/c1-12(11-19-6-8-21-9-7-19)18-13(2)14-4-5-15(17)16(10-14)20-3/h4-5,10,12-13,18H,6-9,11H2,1-3H3. The molecule has 1 heterocycles. The number of morpholine rings is 1. The van der Waals surface area contributed by atoms with Gasteiger partial charge in [-0.1, -0.05) is 6.07 Å². The Morgan fingerprint density at radius 3 is 2.71 bits per heavy atom. The van der Waals surface area contributed by atoms with E-state index in [2.05, 4.69) is 24.1 Å². The summed E-state index contributed by atoms with van der Waals surface area (Å²) in [4.78, 5) is 2.40. The van der Waals surface area contributed by atoms with Crippen LogP contribution in [0.25, 0.3) is 0 Å². The van der Waals surface area contributed by atoms with Crippen LogP contribution >= 0.6 is 0 Å². The quantitative estimate of drug-likeness (QED) is 0.872. The van der Waals surface area contributed by atoms with Crippen molar-refractivity contribution in [2.24, 2.45) is 0 Å². The van der Waals surface area contributed by atoms with Gasteiger partial charge in [0.1, 0.15) is 0 Å². The summed E-state index contributed by atoms with van der Waals surface area (Å²) in [6.45, 7) is 8.87. The lowest BCUT2D eigenvalue weighted by Gasteiger charge is -2.30. The monoisotopic (exact) mass is 296 g/mol. The fourth-order valence-corrected chi connectivity index (χ4v) is 2.69. The molecule has 0 saturated carbocycles. The number of hydrogen-bond donors (Lipinski definition) is 1. The fraction of sp³-hybridized carbons (Fsp3) is 0.625. The molecule has 1 aromatic carbocycles. The summed E-state index contributed by atoms with van der Waals surface area (Å²) < 4.78 is 23.8. The highest BCUT2D eigenvalue weighted by molar-refractivity contribution is 5.31. The minimum Gasteiger partial charge on any atom is -0.494 e. The third-order valence-electron chi connectivity index (χ3n) is 3.85. The molecule has 5 heteroatoms. The van der Waals surface area contributed by atoms with Crippen LogP contribution in [0, 0.1) is 5.82 Å². The van der Waals surface area contributed by atoms with E-state index in [-0.39, 0.29) is 11.9 Å². The fourth-order valence-electron chi connectivity index (χ4n) is 2.69. The van der Waals surface area contributed by atoms with E-state index < -0.39 is 0 Å². The third-order valence-corrected chi connectivity index (χ3v) is 3.85. The number of nitrogens with one attached hydrogen (secondary N) is 1. The lowest BCUT2D eigenvalue weighted by molar-refractivity contribution is 0.0339. The second-order valence-electron chi connectivity index (χ2n) is 5.60. The van der Waals surface area contributed by atoms with Crippen LogP contribution in [0.5, 0.6) is 5.75 Å². The van der Waals surface area contributed by atoms with Crippen LogP contribution in [-0.4, -0.2) is 50.9 Å². The van der Waals surface area contributed by atoms with Crippen molar-refractivity contribution in [1.82, 2.24) is 10.2 Å². The van der Waals surface area contributed by atoms with Crippen molar-refractivity contribution < 1.29 is 13.9 Å². The molecule has 1 aliphatic heterocycles. The molecule has 2 atom stereocenters. The minimum absolute atomic E-state index is 0.149. The van der Waals surface area contributed by atoms with Gasteiger partial charge >= 0.3 is 0 Å². The highest BCUT2D eigenvalue weighted by Crippen LogP contribution is 2.22. The van der Waals surface area contributed by atoms with Gasteiger partial charge in [-0.25, -0.2) is 4.39 Å². The van der Waals surface area contributed by atoms with E-state index in [1.807, 2.05) is 0 Å².